The molecule has 11 heteroatoms. The van der Waals surface area contributed by atoms with Crippen molar-refractivity contribution < 1.29 is 36.6 Å². The van der Waals surface area contributed by atoms with Gasteiger partial charge >= 0.3 is 24.3 Å². The third-order valence-electron chi connectivity index (χ3n) is 3.61. The second-order valence-electron chi connectivity index (χ2n) is 5.71. The van der Waals surface area contributed by atoms with Crippen molar-refractivity contribution in [3.63, 3.8) is 0 Å². The second-order valence-corrected chi connectivity index (χ2v) is 6.11. The maximum atomic E-state index is 13.4. The van der Waals surface area contributed by atoms with Gasteiger partial charge in [0.15, 0.2) is 0 Å². The molecule has 6 nitrogen and oxygen atoms in total. The minimum atomic E-state index is -5.33. The summed E-state index contributed by atoms with van der Waals surface area (Å²) in [6.45, 7) is 0. The maximum absolute atomic E-state index is 13.4. The Bertz CT molecular complexity index is 686. The quantitative estimate of drug-likeness (QED) is 0.451. The molecule has 1 fully saturated rings. The van der Waals surface area contributed by atoms with Crippen LogP contribution in [0.15, 0.2) is 18.2 Å². The first-order valence-electron chi connectivity index (χ1n) is 7.51. The zero-order valence-corrected chi connectivity index (χ0v) is 13.9. The molecule has 0 radical (unpaired) electrons. The third kappa shape index (κ3) is 5.46. The summed E-state index contributed by atoms with van der Waals surface area (Å²) >= 11 is 5.50. The number of carbonyl (C=O) groups excluding carboxylic acids is 2. The predicted octanol–water partition coefficient (Wildman–Crippen LogP) is 2.29. The fraction of sp³-hybridized carbons (Fsp3) is 0.467. The van der Waals surface area contributed by atoms with Crippen LogP contribution < -0.4 is 15.8 Å². The molecule has 1 amide bonds. The van der Waals surface area contributed by atoms with Crippen molar-refractivity contribution in [3.8, 4) is 5.75 Å². The summed E-state index contributed by atoms with van der Waals surface area (Å²) in [4.78, 5) is 23.2. The van der Waals surface area contributed by atoms with Gasteiger partial charge in [-0.2, -0.15) is 13.2 Å². The van der Waals surface area contributed by atoms with Crippen LogP contribution in [-0.4, -0.2) is 36.4 Å². The molecule has 0 bridgehead atoms. The lowest BCUT2D eigenvalue weighted by Crippen LogP contribution is -2.47. The fourth-order valence-electron chi connectivity index (χ4n) is 2.39. The normalized spacial score (nSPS) is 21.2. The molecule has 0 aromatic heterocycles. The molecule has 1 saturated carbocycles. The summed E-state index contributed by atoms with van der Waals surface area (Å²) in [5.41, 5.74) is 5.70. The molecule has 144 valence electrons. The Kier molecular flexibility index (Phi) is 6.30. The van der Waals surface area contributed by atoms with Crippen LogP contribution in [0.5, 0.6) is 5.75 Å². The Morgan fingerprint density at radius 3 is 2.54 bits per heavy atom. The first-order valence-corrected chi connectivity index (χ1v) is 7.89. The summed E-state index contributed by atoms with van der Waals surface area (Å²) in [6, 6.07) is 2.38. The van der Waals surface area contributed by atoms with Crippen LogP contribution in [0.25, 0.3) is 0 Å². The molecule has 1 unspecified atom stereocenters. The zero-order chi connectivity index (χ0) is 19.5. The molecule has 0 saturated heterocycles. The van der Waals surface area contributed by atoms with Crippen molar-refractivity contribution in [3.05, 3.63) is 29.0 Å². The highest BCUT2D eigenvalue weighted by Gasteiger charge is 2.44. The van der Waals surface area contributed by atoms with E-state index in [9.17, 15) is 27.2 Å². The Balaban J connectivity index is 2.13. The molecule has 1 aliphatic rings. The number of nitrogens with one attached hydrogen (secondary N) is 1. The Morgan fingerprint density at radius 1 is 1.31 bits per heavy atom. The second kappa shape index (κ2) is 8.09. The molecule has 0 aliphatic heterocycles. The highest BCUT2D eigenvalue weighted by Crippen LogP contribution is 2.24. The van der Waals surface area contributed by atoms with Gasteiger partial charge in [-0.3, -0.25) is 4.79 Å². The van der Waals surface area contributed by atoms with Gasteiger partial charge in [0, 0.05) is 18.2 Å². The van der Waals surface area contributed by atoms with E-state index in [-0.39, 0.29) is 16.8 Å². The molecular weight excluding hydrogens is 384 g/mol. The number of halogens is 5. The summed E-state index contributed by atoms with van der Waals surface area (Å²) in [7, 11) is 0. The average molecular weight is 399 g/mol. The molecule has 26 heavy (non-hydrogen) atoms. The van der Waals surface area contributed by atoms with E-state index in [1.807, 2.05) is 0 Å². The van der Waals surface area contributed by atoms with Gasteiger partial charge in [0.05, 0.1) is 5.02 Å². The fourth-order valence-corrected chi connectivity index (χ4v) is 2.50. The van der Waals surface area contributed by atoms with Crippen LogP contribution in [-0.2, 0) is 14.3 Å². The standard InChI is InChI=1S/C15H15ClF4N2O4/c16-10-4-3-9(6-11(10)17)25-13(26-14(24)15(18,19)20)12(23)22-8-2-1-7(21)5-8/h3-4,6-8,13H,1-2,5,21H2,(H,22,23)/t7-,8+,13?/m0/s1. The highest BCUT2D eigenvalue weighted by molar-refractivity contribution is 6.30. The predicted molar refractivity (Wildman–Crippen MR) is 81.7 cm³/mol. The Hall–Kier alpha value is -2.07. The first-order chi connectivity index (χ1) is 12.1. The first kappa shape index (κ1) is 20.2. The largest absolute Gasteiger partial charge is 0.491 e. The van der Waals surface area contributed by atoms with Gasteiger partial charge in [-0.05, 0) is 31.4 Å². The lowest BCUT2D eigenvalue weighted by molar-refractivity contribution is -0.216. The van der Waals surface area contributed by atoms with Gasteiger partial charge in [0.25, 0.3) is 0 Å². The Labute approximate surface area is 150 Å². The van der Waals surface area contributed by atoms with E-state index in [0.717, 1.165) is 18.2 Å². The number of carbonyl (C=O) groups is 2. The van der Waals surface area contributed by atoms with Crippen molar-refractivity contribution in [2.45, 2.75) is 43.8 Å². The van der Waals surface area contributed by atoms with E-state index in [0.29, 0.717) is 19.3 Å². The molecule has 1 aromatic carbocycles. The number of rotatable bonds is 5. The number of hydrogen-bond acceptors (Lipinski definition) is 5. The molecule has 0 spiro atoms. The number of alkyl halides is 3. The van der Waals surface area contributed by atoms with Gasteiger partial charge in [-0.15, -0.1) is 0 Å². The molecule has 0 heterocycles. The van der Waals surface area contributed by atoms with Gasteiger partial charge in [-0.25, -0.2) is 9.18 Å². The van der Waals surface area contributed by atoms with Crippen LogP contribution in [0.3, 0.4) is 0 Å². The molecule has 1 aliphatic carbocycles. The summed E-state index contributed by atoms with van der Waals surface area (Å²) in [6.07, 6.45) is -6.03. The maximum Gasteiger partial charge on any atom is 0.491 e. The number of benzene rings is 1. The number of nitrogens with two attached hydrogens (primary N) is 1. The van der Waals surface area contributed by atoms with E-state index in [1.165, 1.54) is 0 Å². The lowest BCUT2D eigenvalue weighted by Gasteiger charge is -2.21. The molecule has 3 N–H and O–H groups in total. The molecule has 2 rings (SSSR count). The minimum absolute atomic E-state index is 0.150. The van der Waals surface area contributed by atoms with Crippen molar-refractivity contribution >= 4 is 23.5 Å². The number of esters is 1. The monoisotopic (exact) mass is 398 g/mol. The van der Waals surface area contributed by atoms with E-state index in [2.05, 4.69) is 10.1 Å². The highest BCUT2D eigenvalue weighted by atomic mass is 35.5. The summed E-state index contributed by atoms with van der Waals surface area (Å²) in [5.74, 6) is -5.00. The number of ether oxygens (including phenoxy) is 2. The topological polar surface area (TPSA) is 90.6 Å². The van der Waals surface area contributed by atoms with Crippen LogP contribution >= 0.6 is 11.6 Å². The van der Waals surface area contributed by atoms with Crippen LogP contribution in [0.2, 0.25) is 5.02 Å². The summed E-state index contributed by atoms with van der Waals surface area (Å²) in [5, 5.41) is 2.15. The SMILES string of the molecule is N[C@H]1CC[C@@H](NC(=O)C(OC(=O)C(F)(F)F)Oc2ccc(Cl)c(F)c2)C1. The van der Waals surface area contributed by atoms with Gasteiger partial charge in [0.1, 0.15) is 11.6 Å². The molecule has 1 aromatic rings. The third-order valence-corrected chi connectivity index (χ3v) is 3.92. The number of amides is 1. The van der Waals surface area contributed by atoms with E-state index in [1.54, 1.807) is 0 Å². The van der Waals surface area contributed by atoms with Crippen LogP contribution in [0, 0.1) is 5.82 Å². The van der Waals surface area contributed by atoms with Crippen molar-refractivity contribution in [2.75, 3.05) is 0 Å². The van der Waals surface area contributed by atoms with E-state index >= 15 is 0 Å². The minimum Gasteiger partial charge on any atom is -0.446 e. The zero-order valence-electron chi connectivity index (χ0n) is 13.2. The van der Waals surface area contributed by atoms with Crippen LogP contribution in [0.4, 0.5) is 17.6 Å². The molecule has 3 atom stereocenters. The number of hydrogen-bond donors (Lipinski definition) is 2. The van der Waals surface area contributed by atoms with E-state index < -0.39 is 36.2 Å². The lowest BCUT2D eigenvalue weighted by atomic mass is 10.2. The summed E-state index contributed by atoms with van der Waals surface area (Å²) < 4.78 is 59.8. The van der Waals surface area contributed by atoms with Gasteiger partial charge < -0.3 is 20.5 Å². The van der Waals surface area contributed by atoms with Gasteiger partial charge in [0.2, 0.25) is 0 Å². The van der Waals surface area contributed by atoms with E-state index in [4.69, 9.17) is 22.1 Å². The van der Waals surface area contributed by atoms with Crippen molar-refractivity contribution in [1.82, 2.24) is 5.32 Å². The van der Waals surface area contributed by atoms with Crippen LogP contribution in [0.1, 0.15) is 19.3 Å². The Morgan fingerprint density at radius 2 is 2.00 bits per heavy atom. The van der Waals surface area contributed by atoms with Gasteiger partial charge in [-0.1, -0.05) is 11.6 Å². The average Bonchev–Trinajstić information content (AvgIpc) is 2.94. The smallest absolute Gasteiger partial charge is 0.446 e. The van der Waals surface area contributed by atoms with Crippen molar-refractivity contribution in [1.29, 1.82) is 0 Å². The molecular formula is C15H15ClF4N2O4. The van der Waals surface area contributed by atoms with Crippen molar-refractivity contribution in [2.24, 2.45) is 5.73 Å².